The molecule has 0 amide bonds. The third kappa shape index (κ3) is 4.96. The summed E-state index contributed by atoms with van der Waals surface area (Å²) in [4.78, 5) is 4.37. The molecular formula is C15H21NO. The van der Waals surface area contributed by atoms with Crippen LogP contribution in [0.1, 0.15) is 26.3 Å². The zero-order chi connectivity index (χ0) is 12.7. The summed E-state index contributed by atoms with van der Waals surface area (Å²) in [7, 11) is 0. The molecule has 0 heterocycles. The molecule has 0 aliphatic carbocycles. The number of aliphatic imine (C=N–C) groups is 1. The van der Waals surface area contributed by atoms with E-state index in [2.05, 4.69) is 25.8 Å². The minimum Gasteiger partial charge on any atom is -0.394 e. The van der Waals surface area contributed by atoms with Crippen LogP contribution in [0, 0.1) is 5.41 Å². The van der Waals surface area contributed by atoms with E-state index in [9.17, 15) is 5.11 Å². The van der Waals surface area contributed by atoms with Gasteiger partial charge in [-0.2, -0.15) is 0 Å². The maximum Gasteiger partial charge on any atom is 0.0778 e. The van der Waals surface area contributed by atoms with Gasteiger partial charge in [0.1, 0.15) is 0 Å². The average molecular weight is 231 g/mol. The Kier molecular flexibility index (Phi) is 5.11. The van der Waals surface area contributed by atoms with E-state index < -0.39 is 0 Å². The Bertz CT molecular complexity index is 374. The fourth-order valence-electron chi connectivity index (χ4n) is 1.42. The Labute approximate surface area is 104 Å². The summed E-state index contributed by atoms with van der Waals surface area (Å²) in [5.41, 5.74) is 1.14. The lowest BCUT2D eigenvalue weighted by Gasteiger charge is -2.24. The van der Waals surface area contributed by atoms with Crippen molar-refractivity contribution in [2.45, 2.75) is 26.8 Å². The topological polar surface area (TPSA) is 32.6 Å². The van der Waals surface area contributed by atoms with Crippen molar-refractivity contribution in [3.63, 3.8) is 0 Å². The standard InChI is InChI=1S/C15H21NO/c1-15(2,3)14(12-17)16-11-7-10-13-8-5-4-6-9-13/h4-11,14,17H,12H2,1-3H3/b10-7+,16-11?/t14-/m1/s1. The fraction of sp³-hybridized carbons (Fsp3) is 0.400. The number of aliphatic hydroxyl groups excluding tert-OH is 1. The van der Waals surface area contributed by atoms with E-state index >= 15 is 0 Å². The van der Waals surface area contributed by atoms with Gasteiger partial charge >= 0.3 is 0 Å². The number of hydrogen-bond acceptors (Lipinski definition) is 2. The summed E-state index contributed by atoms with van der Waals surface area (Å²) in [5.74, 6) is 0. The van der Waals surface area contributed by atoms with Crippen LogP contribution in [-0.2, 0) is 0 Å². The number of benzene rings is 1. The van der Waals surface area contributed by atoms with Crippen molar-refractivity contribution in [2.75, 3.05) is 6.61 Å². The Morgan fingerprint density at radius 1 is 1.24 bits per heavy atom. The lowest BCUT2D eigenvalue weighted by molar-refractivity contribution is 0.191. The van der Waals surface area contributed by atoms with Gasteiger partial charge in [0.2, 0.25) is 0 Å². The highest BCUT2D eigenvalue weighted by Crippen LogP contribution is 2.21. The molecule has 0 radical (unpaired) electrons. The number of allylic oxidation sites excluding steroid dienone is 1. The second kappa shape index (κ2) is 6.36. The lowest BCUT2D eigenvalue weighted by Crippen LogP contribution is -2.27. The van der Waals surface area contributed by atoms with Gasteiger partial charge in [0, 0.05) is 6.21 Å². The molecule has 0 fully saturated rings. The van der Waals surface area contributed by atoms with Crippen molar-refractivity contribution >= 4 is 12.3 Å². The molecule has 1 rings (SSSR count). The first-order chi connectivity index (χ1) is 8.04. The monoisotopic (exact) mass is 231 g/mol. The van der Waals surface area contributed by atoms with E-state index in [1.54, 1.807) is 6.21 Å². The number of aliphatic hydroxyl groups is 1. The summed E-state index contributed by atoms with van der Waals surface area (Å²) in [6.45, 7) is 6.31. The van der Waals surface area contributed by atoms with Gasteiger partial charge in [0.05, 0.1) is 12.6 Å². The second-order valence-corrected chi connectivity index (χ2v) is 5.13. The summed E-state index contributed by atoms with van der Waals surface area (Å²) in [6, 6.07) is 10.0. The van der Waals surface area contributed by atoms with Gasteiger partial charge in [-0.25, -0.2) is 0 Å². The summed E-state index contributed by atoms with van der Waals surface area (Å²) < 4.78 is 0. The number of hydrogen-bond donors (Lipinski definition) is 1. The first-order valence-corrected chi connectivity index (χ1v) is 5.90. The Balaban J connectivity index is 2.58. The highest BCUT2D eigenvalue weighted by molar-refractivity contribution is 5.78. The predicted octanol–water partition coefficient (Wildman–Crippen LogP) is 3.18. The van der Waals surface area contributed by atoms with Crippen LogP contribution in [0.2, 0.25) is 0 Å². The third-order valence-electron chi connectivity index (χ3n) is 2.61. The van der Waals surface area contributed by atoms with Gasteiger partial charge in [-0.05, 0) is 17.1 Å². The van der Waals surface area contributed by atoms with Crippen molar-refractivity contribution in [1.82, 2.24) is 0 Å². The Morgan fingerprint density at radius 2 is 1.88 bits per heavy atom. The maximum absolute atomic E-state index is 9.24. The maximum atomic E-state index is 9.24. The third-order valence-corrected chi connectivity index (χ3v) is 2.61. The fourth-order valence-corrected chi connectivity index (χ4v) is 1.42. The smallest absolute Gasteiger partial charge is 0.0778 e. The van der Waals surface area contributed by atoms with E-state index in [0.717, 1.165) is 5.56 Å². The van der Waals surface area contributed by atoms with E-state index in [4.69, 9.17) is 0 Å². The Morgan fingerprint density at radius 3 is 2.41 bits per heavy atom. The van der Waals surface area contributed by atoms with Crippen LogP contribution in [0.3, 0.4) is 0 Å². The molecule has 0 spiro atoms. The lowest BCUT2D eigenvalue weighted by atomic mass is 9.88. The quantitative estimate of drug-likeness (QED) is 0.793. The minimum absolute atomic E-state index is 0.00810. The molecule has 0 unspecified atom stereocenters. The van der Waals surface area contributed by atoms with E-state index in [1.165, 1.54) is 0 Å². The summed E-state index contributed by atoms with van der Waals surface area (Å²) in [6.07, 6.45) is 5.67. The zero-order valence-corrected chi connectivity index (χ0v) is 10.8. The number of rotatable bonds is 4. The molecule has 1 N–H and O–H groups in total. The molecule has 2 nitrogen and oxygen atoms in total. The van der Waals surface area contributed by atoms with E-state index in [-0.39, 0.29) is 18.1 Å². The number of nitrogens with zero attached hydrogens (tertiary/aromatic N) is 1. The molecule has 1 aromatic carbocycles. The van der Waals surface area contributed by atoms with Crippen molar-refractivity contribution < 1.29 is 5.11 Å². The molecule has 92 valence electrons. The van der Waals surface area contributed by atoms with E-state index in [1.807, 2.05) is 42.5 Å². The van der Waals surface area contributed by atoms with Crippen LogP contribution < -0.4 is 0 Å². The van der Waals surface area contributed by atoms with Gasteiger partial charge in [-0.15, -0.1) is 0 Å². The minimum atomic E-state index is -0.0528. The van der Waals surface area contributed by atoms with Crippen molar-refractivity contribution in [3.05, 3.63) is 42.0 Å². The summed E-state index contributed by atoms with van der Waals surface area (Å²) >= 11 is 0. The van der Waals surface area contributed by atoms with E-state index in [0.29, 0.717) is 0 Å². The highest BCUT2D eigenvalue weighted by Gasteiger charge is 2.21. The van der Waals surface area contributed by atoms with Crippen molar-refractivity contribution in [3.8, 4) is 0 Å². The predicted molar refractivity (Wildman–Crippen MR) is 74.3 cm³/mol. The van der Waals surface area contributed by atoms with Crippen LogP contribution in [0.4, 0.5) is 0 Å². The van der Waals surface area contributed by atoms with Crippen LogP contribution >= 0.6 is 0 Å². The molecule has 1 aromatic rings. The average Bonchev–Trinajstić information content (AvgIpc) is 2.28. The van der Waals surface area contributed by atoms with Gasteiger partial charge in [0.25, 0.3) is 0 Å². The second-order valence-electron chi connectivity index (χ2n) is 5.13. The first-order valence-electron chi connectivity index (χ1n) is 5.90. The molecule has 2 heteroatoms. The summed E-state index contributed by atoms with van der Waals surface area (Å²) in [5, 5.41) is 9.24. The van der Waals surface area contributed by atoms with Crippen LogP contribution in [0.5, 0.6) is 0 Å². The normalized spacial score (nSPS) is 14.6. The van der Waals surface area contributed by atoms with Crippen molar-refractivity contribution in [1.29, 1.82) is 0 Å². The molecule has 0 aromatic heterocycles. The van der Waals surface area contributed by atoms with Crippen LogP contribution in [0.15, 0.2) is 41.4 Å². The molecule has 17 heavy (non-hydrogen) atoms. The largest absolute Gasteiger partial charge is 0.394 e. The van der Waals surface area contributed by atoms with Gasteiger partial charge in [-0.3, -0.25) is 4.99 Å². The molecular weight excluding hydrogens is 210 g/mol. The van der Waals surface area contributed by atoms with Crippen molar-refractivity contribution in [2.24, 2.45) is 10.4 Å². The molecule has 0 bridgehead atoms. The Hall–Kier alpha value is -1.41. The van der Waals surface area contributed by atoms with Gasteiger partial charge in [-0.1, -0.05) is 57.2 Å². The van der Waals surface area contributed by atoms with Gasteiger partial charge < -0.3 is 5.11 Å². The molecule has 1 atom stereocenters. The molecule has 0 saturated carbocycles. The van der Waals surface area contributed by atoms with Crippen LogP contribution in [0.25, 0.3) is 6.08 Å². The SMILES string of the molecule is CC(C)(C)[C@@H](CO)N=C/C=C/c1ccccc1. The van der Waals surface area contributed by atoms with Crippen LogP contribution in [-0.4, -0.2) is 24.0 Å². The highest BCUT2D eigenvalue weighted by atomic mass is 16.3. The molecule has 0 saturated heterocycles. The zero-order valence-electron chi connectivity index (χ0n) is 10.8. The van der Waals surface area contributed by atoms with Gasteiger partial charge in [0.15, 0.2) is 0 Å². The molecule has 0 aliphatic rings. The first kappa shape index (κ1) is 13.7. The molecule has 0 aliphatic heterocycles.